The molecule has 0 saturated carbocycles. The summed E-state index contributed by atoms with van der Waals surface area (Å²) in [7, 11) is 0. The Labute approximate surface area is 136 Å². The molecule has 1 spiro atoms. The quantitative estimate of drug-likeness (QED) is 0.871. The highest BCUT2D eigenvalue weighted by Crippen LogP contribution is 2.32. The molecular weight excluding hydrogens is 292 g/mol. The highest BCUT2D eigenvalue weighted by Gasteiger charge is 2.39. The molecule has 5 heteroatoms. The van der Waals surface area contributed by atoms with Gasteiger partial charge in [0.15, 0.2) is 5.79 Å². The molecule has 5 nitrogen and oxygen atoms in total. The van der Waals surface area contributed by atoms with Crippen molar-refractivity contribution in [3.8, 4) is 11.5 Å². The molecule has 1 aromatic heterocycles. The fraction of sp³-hybridized carbons (Fsp3) is 0.500. The number of likely N-dealkylation sites (tertiary alicyclic amines) is 1. The van der Waals surface area contributed by atoms with Crippen molar-refractivity contribution in [1.82, 2.24) is 9.88 Å². The second kappa shape index (κ2) is 6.07. The van der Waals surface area contributed by atoms with E-state index in [1.165, 1.54) is 0 Å². The Bertz CT molecular complexity index is 652. The largest absolute Gasteiger partial charge is 0.441 e. The predicted molar refractivity (Wildman–Crippen MR) is 85.8 cm³/mol. The van der Waals surface area contributed by atoms with Gasteiger partial charge in [-0.05, 0) is 19.1 Å². The molecule has 3 heterocycles. The van der Waals surface area contributed by atoms with Crippen molar-refractivity contribution >= 4 is 0 Å². The maximum Gasteiger partial charge on any atom is 0.226 e. The van der Waals surface area contributed by atoms with Gasteiger partial charge in [-0.3, -0.25) is 4.90 Å². The van der Waals surface area contributed by atoms with Crippen LogP contribution < -0.4 is 0 Å². The van der Waals surface area contributed by atoms with Crippen LogP contribution in [0.15, 0.2) is 34.7 Å². The number of oxazole rings is 1. The monoisotopic (exact) mass is 314 g/mol. The maximum absolute atomic E-state index is 5.85. The first-order chi connectivity index (χ1) is 11.2. The lowest BCUT2D eigenvalue weighted by molar-refractivity contribution is -0.185. The van der Waals surface area contributed by atoms with Crippen molar-refractivity contribution in [2.24, 2.45) is 0 Å². The Balaban J connectivity index is 1.43. The van der Waals surface area contributed by atoms with Crippen LogP contribution in [0.4, 0.5) is 0 Å². The number of benzene rings is 1. The maximum atomic E-state index is 5.85. The lowest BCUT2D eigenvalue weighted by Crippen LogP contribution is -2.44. The zero-order valence-corrected chi connectivity index (χ0v) is 13.5. The van der Waals surface area contributed by atoms with E-state index in [4.69, 9.17) is 18.9 Å². The van der Waals surface area contributed by atoms with E-state index in [1.54, 1.807) is 0 Å². The molecule has 0 bridgehead atoms. The summed E-state index contributed by atoms with van der Waals surface area (Å²) < 4.78 is 17.4. The zero-order valence-electron chi connectivity index (χ0n) is 13.5. The number of hydrogen-bond acceptors (Lipinski definition) is 5. The molecule has 0 aliphatic carbocycles. The first kappa shape index (κ1) is 14.9. The van der Waals surface area contributed by atoms with E-state index in [2.05, 4.69) is 4.90 Å². The first-order valence-corrected chi connectivity index (χ1v) is 8.26. The summed E-state index contributed by atoms with van der Waals surface area (Å²) in [5.74, 6) is 1.29. The van der Waals surface area contributed by atoms with Crippen LogP contribution in [0, 0.1) is 6.92 Å². The Morgan fingerprint density at radius 2 is 1.78 bits per heavy atom. The molecule has 0 amide bonds. The standard InChI is InChI=1S/C18H22N2O3/c1-14-16(19-17(23-14)15-5-3-2-4-6-15)13-20-9-7-18(8-10-20)21-11-12-22-18/h2-6H,7-13H2,1H3. The molecule has 23 heavy (non-hydrogen) atoms. The molecule has 4 rings (SSSR count). The Kier molecular flexibility index (Phi) is 3.93. The molecule has 2 saturated heterocycles. The summed E-state index contributed by atoms with van der Waals surface area (Å²) in [4.78, 5) is 7.09. The molecule has 2 aliphatic rings. The van der Waals surface area contributed by atoms with Gasteiger partial charge in [-0.2, -0.15) is 0 Å². The minimum Gasteiger partial charge on any atom is -0.441 e. The van der Waals surface area contributed by atoms with Gasteiger partial charge in [0.05, 0.1) is 18.9 Å². The third-order valence-electron chi connectivity index (χ3n) is 4.72. The molecular formula is C18H22N2O3. The number of hydrogen-bond donors (Lipinski definition) is 0. The SMILES string of the molecule is Cc1oc(-c2ccccc2)nc1CN1CCC2(CC1)OCCO2. The molecule has 0 atom stereocenters. The topological polar surface area (TPSA) is 47.7 Å². The van der Waals surface area contributed by atoms with Crippen molar-refractivity contribution in [3.63, 3.8) is 0 Å². The van der Waals surface area contributed by atoms with E-state index >= 15 is 0 Å². The third-order valence-corrected chi connectivity index (χ3v) is 4.72. The van der Waals surface area contributed by atoms with Gasteiger partial charge in [-0.1, -0.05) is 18.2 Å². The van der Waals surface area contributed by atoms with Crippen LogP contribution in [0.5, 0.6) is 0 Å². The molecule has 0 N–H and O–H groups in total. The minimum atomic E-state index is -0.315. The Hall–Kier alpha value is -1.69. The highest BCUT2D eigenvalue weighted by atomic mass is 16.7. The van der Waals surface area contributed by atoms with Crippen molar-refractivity contribution in [3.05, 3.63) is 41.8 Å². The molecule has 2 aromatic rings. The van der Waals surface area contributed by atoms with E-state index in [1.807, 2.05) is 37.3 Å². The van der Waals surface area contributed by atoms with Gasteiger partial charge in [-0.25, -0.2) is 4.98 Å². The van der Waals surface area contributed by atoms with Crippen LogP contribution in [-0.2, 0) is 16.0 Å². The van der Waals surface area contributed by atoms with Gasteiger partial charge in [0.25, 0.3) is 0 Å². The van der Waals surface area contributed by atoms with Gasteiger partial charge in [0.1, 0.15) is 5.76 Å². The van der Waals surface area contributed by atoms with Gasteiger partial charge in [-0.15, -0.1) is 0 Å². The van der Waals surface area contributed by atoms with E-state index in [0.717, 1.165) is 62.7 Å². The molecule has 2 fully saturated rings. The lowest BCUT2D eigenvalue weighted by atomic mass is 10.0. The Morgan fingerprint density at radius 1 is 1.09 bits per heavy atom. The summed E-state index contributed by atoms with van der Waals surface area (Å²) in [6.45, 7) is 6.19. The second-order valence-corrected chi connectivity index (χ2v) is 6.27. The number of piperidine rings is 1. The fourth-order valence-electron chi connectivity index (χ4n) is 3.33. The van der Waals surface area contributed by atoms with Gasteiger partial charge in [0, 0.05) is 38.0 Å². The Morgan fingerprint density at radius 3 is 2.48 bits per heavy atom. The summed E-state index contributed by atoms with van der Waals surface area (Å²) in [6, 6.07) is 10.0. The summed E-state index contributed by atoms with van der Waals surface area (Å²) in [5, 5.41) is 0. The van der Waals surface area contributed by atoms with Gasteiger partial charge >= 0.3 is 0 Å². The number of aromatic nitrogens is 1. The molecule has 0 radical (unpaired) electrons. The van der Waals surface area contributed by atoms with Crippen molar-refractivity contribution < 1.29 is 13.9 Å². The normalized spacial score (nSPS) is 21.1. The van der Waals surface area contributed by atoms with E-state index in [9.17, 15) is 0 Å². The van der Waals surface area contributed by atoms with E-state index < -0.39 is 0 Å². The summed E-state index contributed by atoms with van der Waals surface area (Å²) >= 11 is 0. The smallest absolute Gasteiger partial charge is 0.226 e. The first-order valence-electron chi connectivity index (χ1n) is 8.26. The van der Waals surface area contributed by atoms with Crippen LogP contribution in [-0.4, -0.2) is 42.0 Å². The average Bonchev–Trinajstić information content (AvgIpc) is 3.18. The van der Waals surface area contributed by atoms with E-state index in [-0.39, 0.29) is 5.79 Å². The van der Waals surface area contributed by atoms with Crippen LogP contribution in [0.1, 0.15) is 24.3 Å². The van der Waals surface area contributed by atoms with Crippen LogP contribution in [0.25, 0.3) is 11.5 Å². The molecule has 122 valence electrons. The molecule has 0 unspecified atom stereocenters. The van der Waals surface area contributed by atoms with Gasteiger partial charge < -0.3 is 13.9 Å². The molecule has 1 aromatic carbocycles. The number of rotatable bonds is 3. The summed E-state index contributed by atoms with van der Waals surface area (Å²) in [6.07, 6.45) is 1.85. The second-order valence-electron chi connectivity index (χ2n) is 6.27. The zero-order chi connectivity index (χ0) is 15.7. The van der Waals surface area contributed by atoms with Crippen molar-refractivity contribution in [1.29, 1.82) is 0 Å². The van der Waals surface area contributed by atoms with Crippen LogP contribution in [0.3, 0.4) is 0 Å². The lowest BCUT2D eigenvalue weighted by Gasteiger charge is -2.37. The van der Waals surface area contributed by atoms with Crippen molar-refractivity contribution in [2.75, 3.05) is 26.3 Å². The van der Waals surface area contributed by atoms with Crippen molar-refractivity contribution in [2.45, 2.75) is 32.1 Å². The third kappa shape index (κ3) is 3.04. The minimum absolute atomic E-state index is 0.315. The predicted octanol–water partition coefficient (Wildman–Crippen LogP) is 2.99. The van der Waals surface area contributed by atoms with Crippen LogP contribution in [0.2, 0.25) is 0 Å². The van der Waals surface area contributed by atoms with Crippen LogP contribution >= 0.6 is 0 Å². The fourth-order valence-corrected chi connectivity index (χ4v) is 3.33. The average molecular weight is 314 g/mol. The van der Waals surface area contributed by atoms with E-state index in [0.29, 0.717) is 5.89 Å². The van der Waals surface area contributed by atoms with Gasteiger partial charge in [0.2, 0.25) is 5.89 Å². The number of aryl methyl sites for hydroxylation is 1. The highest BCUT2D eigenvalue weighted by molar-refractivity contribution is 5.53. The number of nitrogens with zero attached hydrogens (tertiary/aromatic N) is 2. The molecule has 2 aliphatic heterocycles. The summed E-state index contributed by atoms with van der Waals surface area (Å²) in [5.41, 5.74) is 2.04. The number of ether oxygens (including phenoxy) is 2.